The fourth-order valence-corrected chi connectivity index (χ4v) is 7.98. The number of rotatable bonds is 5. The second-order valence-corrected chi connectivity index (χ2v) is 11.1. The number of Topliss-reactive ketones (excluding diaryl/α,β-unsaturated/α-hetero) is 1. The summed E-state index contributed by atoms with van der Waals surface area (Å²) < 4.78 is 5.90. The van der Waals surface area contributed by atoms with Crippen LogP contribution >= 0.6 is 11.6 Å². The molecule has 7 atom stereocenters. The molecule has 7 heteroatoms. The van der Waals surface area contributed by atoms with Crippen LogP contribution in [0, 0.1) is 22.7 Å². The van der Waals surface area contributed by atoms with Crippen molar-refractivity contribution >= 4 is 29.1 Å². The molecule has 1 unspecified atom stereocenters. The Hall–Kier alpha value is -1.50. The van der Waals surface area contributed by atoms with Gasteiger partial charge in [-0.3, -0.25) is 14.4 Å². The van der Waals surface area contributed by atoms with Gasteiger partial charge in [0.05, 0.1) is 11.0 Å². The van der Waals surface area contributed by atoms with Gasteiger partial charge in [-0.2, -0.15) is 0 Å². The number of allylic oxidation sites excluding steroid dienone is 4. The molecule has 6 nitrogen and oxygen atoms in total. The maximum absolute atomic E-state index is 13.1. The molecule has 3 fully saturated rings. The number of aliphatic hydroxyl groups is 2. The molecule has 0 radical (unpaired) electrons. The first-order valence-electron chi connectivity index (χ1n) is 11.7. The summed E-state index contributed by atoms with van der Waals surface area (Å²) in [7, 11) is 0. The van der Waals surface area contributed by atoms with Gasteiger partial charge in [0, 0.05) is 17.3 Å². The summed E-state index contributed by atoms with van der Waals surface area (Å²) in [5.74, 6) is -1.24. The van der Waals surface area contributed by atoms with E-state index in [2.05, 4.69) is 0 Å². The number of alkyl halides is 1. The molecule has 4 aliphatic rings. The van der Waals surface area contributed by atoms with Gasteiger partial charge in [-0.25, -0.2) is 0 Å². The Morgan fingerprint density at radius 2 is 1.97 bits per heavy atom. The number of hydrogen-bond donors (Lipinski definition) is 2. The highest BCUT2D eigenvalue weighted by molar-refractivity contribution is 6.26. The van der Waals surface area contributed by atoms with Gasteiger partial charge < -0.3 is 14.9 Å². The molecule has 4 aliphatic carbocycles. The van der Waals surface area contributed by atoms with Gasteiger partial charge in [0.25, 0.3) is 0 Å². The molecule has 0 aromatic rings. The minimum atomic E-state index is -1.47. The zero-order chi connectivity index (χ0) is 23.5. The van der Waals surface area contributed by atoms with Crippen LogP contribution in [0.4, 0.5) is 0 Å². The predicted molar refractivity (Wildman–Crippen MR) is 119 cm³/mol. The Balaban J connectivity index is 1.79. The lowest BCUT2D eigenvalue weighted by molar-refractivity contribution is -0.197. The molecule has 0 spiro atoms. The molecule has 176 valence electrons. The molecule has 32 heavy (non-hydrogen) atoms. The topological polar surface area (TPSA) is 101 Å². The van der Waals surface area contributed by atoms with Crippen molar-refractivity contribution in [2.24, 2.45) is 22.7 Å². The van der Waals surface area contributed by atoms with E-state index < -0.39 is 45.8 Å². The monoisotopic (exact) mass is 464 g/mol. The Morgan fingerprint density at radius 3 is 2.62 bits per heavy atom. The van der Waals surface area contributed by atoms with Gasteiger partial charge in [0.1, 0.15) is 6.61 Å². The summed E-state index contributed by atoms with van der Waals surface area (Å²) in [5, 5.41) is 21.4. The molecular formula is C25H33ClO6. The quantitative estimate of drug-likeness (QED) is 0.478. The normalized spacial score (nSPS) is 44.9. The first-order valence-corrected chi connectivity index (χ1v) is 12.0. The summed E-state index contributed by atoms with van der Waals surface area (Å²) >= 11 is 7.39. The molecule has 3 saturated carbocycles. The Labute approximate surface area is 194 Å². The number of halogens is 1. The van der Waals surface area contributed by atoms with Crippen LogP contribution in [0.25, 0.3) is 0 Å². The van der Waals surface area contributed by atoms with Crippen LogP contribution in [0.2, 0.25) is 0 Å². The van der Waals surface area contributed by atoms with E-state index in [4.69, 9.17) is 16.3 Å². The van der Waals surface area contributed by atoms with Crippen molar-refractivity contribution in [2.75, 3.05) is 6.61 Å². The van der Waals surface area contributed by atoms with Crippen LogP contribution in [-0.4, -0.2) is 50.9 Å². The zero-order valence-electron chi connectivity index (χ0n) is 19.0. The first-order chi connectivity index (χ1) is 15.0. The minimum absolute atomic E-state index is 0.0670. The van der Waals surface area contributed by atoms with Crippen LogP contribution < -0.4 is 0 Å². The molecule has 0 saturated heterocycles. The molecular weight excluding hydrogens is 432 g/mol. The fraction of sp³-hybridized carbons (Fsp3) is 0.720. The maximum Gasteiger partial charge on any atom is 0.306 e. The highest BCUT2D eigenvalue weighted by Crippen LogP contribution is 2.71. The van der Waals surface area contributed by atoms with E-state index in [-0.39, 0.29) is 30.5 Å². The van der Waals surface area contributed by atoms with E-state index >= 15 is 0 Å². The third-order valence-corrected chi connectivity index (χ3v) is 10.0. The lowest BCUT2D eigenvalue weighted by Gasteiger charge is -2.64. The molecule has 0 amide bonds. The average Bonchev–Trinajstić information content (AvgIpc) is 3.02. The molecule has 0 heterocycles. The van der Waals surface area contributed by atoms with Crippen molar-refractivity contribution in [3.63, 3.8) is 0 Å². The maximum atomic E-state index is 13.1. The summed E-state index contributed by atoms with van der Waals surface area (Å²) in [4.78, 5) is 36.6. The van der Waals surface area contributed by atoms with Crippen molar-refractivity contribution in [2.45, 2.75) is 82.3 Å². The third-order valence-electron chi connectivity index (χ3n) is 9.10. The highest BCUT2D eigenvalue weighted by atomic mass is 35.5. The lowest BCUT2D eigenvalue weighted by atomic mass is 9.45. The van der Waals surface area contributed by atoms with E-state index in [1.54, 1.807) is 6.08 Å². The van der Waals surface area contributed by atoms with Gasteiger partial charge in [0.15, 0.2) is 11.4 Å². The smallest absolute Gasteiger partial charge is 0.306 e. The number of aliphatic hydroxyl groups excluding tert-OH is 2. The van der Waals surface area contributed by atoms with Crippen molar-refractivity contribution in [1.29, 1.82) is 0 Å². The second-order valence-electron chi connectivity index (χ2n) is 10.4. The van der Waals surface area contributed by atoms with Gasteiger partial charge in [0.2, 0.25) is 5.78 Å². The average molecular weight is 465 g/mol. The molecule has 0 aromatic heterocycles. The summed E-state index contributed by atoms with van der Waals surface area (Å²) in [6.45, 7) is 5.04. The van der Waals surface area contributed by atoms with Crippen LogP contribution in [0.5, 0.6) is 0 Å². The Bertz CT molecular complexity index is 910. The Kier molecular flexibility index (Phi) is 5.75. The standard InChI is InChI=1S/C25H33ClO6/c1-4-5-21(31)32-24(20(30)14-27)11-9-17-18-7-6-15-12-16(28)8-10-22(15,2)25(18,26)19(29)13-23(17,24)3/h8,10,12,17-19,27,29H,4-7,9,11,13-14H2,1-3H3/t17-,18-,19?,22-,23-,24-,25-/m0/s1. The van der Waals surface area contributed by atoms with Gasteiger partial charge >= 0.3 is 5.97 Å². The van der Waals surface area contributed by atoms with Gasteiger partial charge in [-0.15, -0.1) is 11.6 Å². The summed E-state index contributed by atoms with van der Waals surface area (Å²) in [6, 6.07) is 0. The van der Waals surface area contributed by atoms with E-state index in [1.807, 2.05) is 26.8 Å². The molecule has 0 aromatic carbocycles. The minimum Gasteiger partial charge on any atom is -0.450 e. The third kappa shape index (κ3) is 2.88. The fourth-order valence-electron chi connectivity index (χ4n) is 7.46. The number of ketones is 2. The van der Waals surface area contributed by atoms with Crippen molar-refractivity contribution < 1.29 is 29.3 Å². The summed E-state index contributed by atoms with van der Waals surface area (Å²) in [6.07, 6.45) is 7.25. The van der Waals surface area contributed by atoms with Crippen LogP contribution in [0.1, 0.15) is 65.7 Å². The second kappa shape index (κ2) is 7.78. The van der Waals surface area contributed by atoms with E-state index in [9.17, 15) is 24.6 Å². The largest absolute Gasteiger partial charge is 0.450 e. The predicted octanol–water partition coefficient (Wildman–Crippen LogP) is 3.27. The van der Waals surface area contributed by atoms with Crippen molar-refractivity contribution in [3.05, 3.63) is 23.8 Å². The van der Waals surface area contributed by atoms with Crippen LogP contribution in [-0.2, 0) is 19.1 Å². The lowest BCUT2D eigenvalue weighted by Crippen LogP contribution is -2.69. The van der Waals surface area contributed by atoms with E-state index in [0.717, 1.165) is 5.57 Å². The molecule has 0 bridgehead atoms. The summed E-state index contributed by atoms with van der Waals surface area (Å²) in [5.41, 5.74) is -2.06. The number of ether oxygens (including phenoxy) is 1. The van der Waals surface area contributed by atoms with Gasteiger partial charge in [-0.1, -0.05) is 32.4 Å². The number of carbonyl (C=O) groups excluding carboxylic acids is 3. The molecule has 2 N–H and O–H groups in total. The van der Waals surface area contributed by atoms with Crippen LogP contribution in [0.3, 0.4) is 0 Å². The number of fused-ring (bicyclic) bond motifs is 5. The zero-order valence-corrected chi connectivity index (χ0v) is 19.8. The van der Waals surface area contributed by atoms with E-state index in [1.165, 1.54) is 6.08 Å². The SMILES string of the molecule is CCCC(=O)O[C@]1(C(=O)CO)CC[C@H]2[C@@H]3CCC4=CC(=O)C=C[C@]4(C)[C@@]3(Cl)C(O)C[C@@]21C. The first kappa shape index (κ1) is 23.7. The van der Waals surface area contributed by atoms with Crippen LogP contribution in [0.15, 0.2) is 23.8 Å². The number of carbonyl (C=O) groups is 3. The van der Waals surface area contributed by atoms with Crippen molar-refractivity contribution in [3.8, 4) is 0 Å². The molecule has 4 rings (SSSR count). The van der Waals surface area contributed by atoms with Gasteiger partial charge in [-0.05, 0) is 62.5 Å². The Morgan fingerprint density at radius 1 is 1.25 bits per heavy atom. The highest BCUT2D eigenvalue weighted by Gasteiger charge is 2.74. The molecule has 0 aliphatic heterocycles. The van der Waals surface area contributed by atoms with Crippen molar-refractivity contribution in [1.82, 2.24) is 0 Å². The number of hydrogen-bond acceptors (Lipinski definition) is 6. The number of esters is 1. The van der Waals surface area contributed by atoms with E-state index in [0.29, 0.717) is 32.1 Å².